The number of H-pyrrole nitrogens is 1. The van der Waals surface area contributed by atoms with Gasteiger partial charge in [0.15, 0.2) is 5.43 Å². The van der Waals surface area contributed by atoms with Gasteiger partial charge < -0.3 is 14.5 Å². The molecule has 0 unspecified atom stereocenters. The molecule has 1 aromatic heterocycles. The van der Waals surface area contributed by atoms with Crippen molar-refractivity contribution in [3.8, 4) is 5.75 Å². The fourth-order valence-corrected chi connectivity index (χ4v) is 1.63. The number of pyridine rings is 1. The van der Waals surface area contributed by atoms with Gasteiger partial charge in [-0.25, -0.2) is 4.79 Å². The molecule has 2 aromatic rings. The fraction of sp³-hybridized carbons (Fsp3) is 0.167. The molecule has 0 aliphatic carbocycles. The summed E-state index contributed by atoms with van der Waals surface area (Å²) >= 11 is 0. The lowest BCUT2D eigenvalue weighted by Gasteiger charge is -2.06. The van der Waals surface area contributed by atoms with Crippen molar-refractivity contribution >= 4 is 16.9 Å². The number of fused-ring (bicyclic) bond motifs is 1. The van der Waals surface area contributed by atoms with Crippen LogP contribution in [0.15, 0.2) is 29.1 Å². The standard InChI is InChI=1S/C12H9F2NO4/c1-18-11(17)9-5-10(16)7-3-2-6(19-12(13)14)4-8(7)15-9/h2-5,12H,1H3,(H,15,16). The molecule has 1 N–H and O–H groups in total. The molecule has 0 atom stereocenters. The summed E-state index contributed by atoms with van der Waals surface area (Å²) in [7, 11) is 1.17. The van der Waals surface area contributed by atoms with E-state index in [9.17, 15) is 18.4 Å². The molecule has 0 saturated carbocycles. The van der Waals surface area contributed by atoms with Gasteiger partial charge in [-0.1, -0.05) is 0 Å². The van der Waals surface area contributed by atoms with Crippen molar-refractivity contribution in [3.05, 3.63) is 40.2 Å². The van der Waals surface area contributed by atoms with E-state index in [1.54, 1.807) is 0 Å². The fourth-order valence-electron chi connectivity index (χ4n) is 1.63. The van der Waals surface area contributed by atoms with Crippen LogP contribution in [0.25, 0.3) is 10.9 Å². The number of hydrogen-bond acceptors (Lipinski definition) is 4. The Morgan fingerprint density at radius 1 is 1.32 bits per heavy atom. The number of esters is 1. The van der Waals surface area contributed by atoms with Crippen LogP contribution in [0.2, 0.25) is 0 Å². The first kappa shape index (κ1) is 13.0. The molecule has 2 rings (SSSR count). The number of alkyl halides is 2. The molecule has 1 heterocycles. The molecule has 0 radical (unpaired) electrons. The Labute approximate surface area is 105 Å². The highest BCUT2D eigenvalue weighted by molar-refractivity contribution is 5.91. The monoisotopic (exact) mass is 269 g/mol. The van der Waals surface area contributed by atoms with Crippen LogP contribution in [-0.4, -0.2) is 24.7 Å². The molecule has 0 aliphatic rings. The summed E-state index contributed by atoms with van der Waals surface area (Å²) in [6, 6.07) is 4.89. The van der Waals surface area contributed by atoms with Crippen LogP contribution in [0.4, 0.5) is 8.78 Å². The number of benzene rings is 1. The molecule has 1 aromatic carbocycles. The van der Waals surface area contributed by atoms with E-state index in [2.05, 4.69) is 14.5 Å². The summed E-state index contributed by atoms with van der Waals surface area (Å²) in [6.45, 7) is -2.96. The van der Waals surface area contributed by atoms with E-state index in [1.165, 1.54) is 25.3 Å². The number of halogens is 2. The molecule has 0 bridgehead atoms. The van der Waals surface area contributed by atoms with E-state index >= 15 is 0 Å². The molecule has 100 valence electrons. The van der Waals surface area contributed by atoms with Gasteiger partial charge in [0, 0.05) is 17.5 Å². The first-order valence-electron chi connectivity index (χ1n) is 5.21. The van der Waals surface area contributed by atoms with Crippen LogP contribution in [0.5, 0.6) is 5.75 Å². The van der Waals surface area contributed by atoms with Gasteiger partial charge in [0.2, 0.25) is 0 Å². The number of aromatic nitrogens is 1. The van der Waals surface area contributed by atoms with Gasteiger partial charge in [-0.3, -0.25) is 4.79 Å². The van der Waals surface area contributed by atoms with Gasteiger partial charge in [-0.15, -0.1) is 0 Å². The smallest absolute Gasteiger partial charge is 0.387 e. The van der Waals surface area contributed by atoms with Gasteiger partial charge in [-0.05, 0) is 12.1 Å². The lowest BCUT2D eigenvalue weighted by molar-refractivity contribution is -0.0497. The minimum atomic E-state index is -2.96. The highest BCUT2D eigenvalue weighted by atomic mass is 19.3. The number of carbonyl (C=O) groups excluding carboxylic acids is 1. The minimum Gasteiger partial charge on any atom is -0.464 e. The van der Waals surface area contributed by atoms with E-state index in [0.717, 1.165) is 6.07 Å². The normalized spacial score (nSPS) is 10.7. The first-order valence-corrected chi connectivity index (χ1v) is 5.21. The van der Waals surface area contributed by atoms with Crippen LogP contribution in [0.3, 0.4) is 0 Å². The Balaban J connectivity index is 2.56. The lowest BCUT2D eigenvalue weighted by Crippen LogP contribution is -2.11. The molecular formula is C12H9F2NO4. The average Bonchev–Trinajstić information content (AvgIpc) is 2.36. The van der Waals surface area contributed by atoms with E-state index in [0.29, 0.717) is 0 Å². The molecule has 7 heteroatoms. The summed E-state index contributed by atoms with van der Waals surface area (Å²) in [5.74, 6) is -0.834. The number of hydrogen-bond donors (Lipinski definition) is 1. The SMILES string of the molecule is COC(=O)c1cc(=O)c2ccc(OC(F)F)cc2[nH]1. The zero-order chi connectivity index (χ0) is 14.0. The number of nitrogens with one attached hydrogen (secondary N) is 1. The second-order valence-corrected chi connectivity index (χ2v) is 3.62. The van der Waals surface area contributed by atoms with E-state index < -0.39 is 18.0 Å². The minimum absolute atomic E-state index is 0.0609. The zero-order valence-corrected chi connectivity index (χ0v) is 9.78. The highest BCUT2D eigenvalue weighted by Crippen LogP contribution is 2.19. The Morgan fingerprint density at radius 2 is 2.05 bits per heavy atom. The third-order valence-corrected chi connectivity index (χ3v) is 2.43. The van der Waals surface area contributed by atoms with E-state index in [4.69, 9.17) is 0 Å². The summed E-state index contributed by atoms with van der Waals surface area (Å²) in [5.41, 5.74) is -0.266. The average molecular weight is 269 g/mol. The maximum absolute atomic E-state index is 12.1. The van der Waals surface area contributed by atoms with Gasteiger partial charge in [0.05, 0.1) is 12.6 Å². The number of aromatic amines is 1. The molecule has 0 amide bonds. The lowest BCUT2D eigenvalue weighted by atomic mass is 10.2. The van der Waals surface area contributed by atoms with E-state index in [1.807, 2.05) is 0 Å². The third-order valence-electron chi connectivity index (χ3n) is 2.43. The molecular weight excluding hydrogens is 260 g/mol. The van der Waals surface area contributed by atoms with Crippen molar-refractivity contribution in [1.29, 1.82) is 0 Å². The van der Waals surface area contributed by atoms with Crippen LogP contribution in [0.1, 0.15) is 10.5 Å². The largest absolute Gasteiger partial charge is 0.464 e. The number of rotatable bonds is 3. The molecule has 5 nitrogen and oxygen atoms in total. The molecule has 0 aliphatic heterocycles. The number of ether oxygens (including phenoxy) is 2. The Bertz CT molecular complexity index is 681. The third kappa shape index (κ3) is 2.70. The molecule has 0 saturated heterocycles. The number of carbonyl (C=O) groups is 1. The quantitative estimate of drug-likeness (QED) is 0.864. The van der Waals surface area contributed by atoms with Crippen molar-refractivity contribution in [2.24, 2.45) is 0 Å². The number of methoxy groups -OCH3 is 1. The van der Waals surface area contributed by atoms with Crippen LogP contribution < -0.4 is 10.2 Å². The van der Waals surface area contributed by atoms with E-state index in [-0.39, 0.29) is 22.3 Å². The van der Waals surface area contributed by atoms with Crippen molar-refractivity contribution in [2.45, 2.75) is 6.61 Å². The molecule has 0 fully saturated rings. The van der Waals surface area contributed by atoms with Crippen molar-refractivity contribution in [1.82, 2.24) is 4.98 Å². The molecule has 19 heavy (non-hydrogen) atoms. The van der Waals surface area contributed by atoms with Crippen molar-refractivity contribution in [3.63, 3.8) is 0 Å². The maximum atomic E-state index is 12.1. The second-order valence-electron chi connectivity index (χ2n) is 3.62. The Kier molecular flexibility index (Phi) is 3.46. The summed E-state index contributed by atoms with van der Waals surface area (Å²) in [4.78, 5) is 25.7. The first-order chi connectivity index (χ1) is 9.01. The second kappa shape index (κ2) is 5.05. The Morgan fingerprint density at radius 3 is 2.68 bits per heavy atom. The van der Waals surface area contributed by atoms with Crippen molar-refractivity contribution < 1.29 is 23.0 Å². The van der Waals surface area contributed by atoms with Crippen LogP contribution in [0, 0.1) is 0 Å². The topological polar surface area (TPSA) is 68.4 Å². The van der Waals surface area contributed by atoms with Gasteiger partial charge in [0.25, 0.3) is 0 Å². The summed E-state index contributed by atoms with van der Waals surface area (Å²) in [5, 5.41) is 0.259. The van der Waals surface area contributed by atoms with Gasteiger partial charge in [-0.2, -0.15) is 8.78 Å². The Hall–Kier alpha value is -2.44. The molecule has 0 spiro atoms. The van der Waals surface area contributed by atoms with Gasteiger partial charge >= 0.3 is 12.6 Å². The predicted octanol–water partition coefficient (Wildman–Crippen LogP) is 1.92. The summed E-state index contributed by atoms with van der Waals surface area (Å²) < 4.78 is 32.9. The van der Waals surface area contributed by atoms with Crippen LogP contribution in [-0.2, 0) is 4.74 Å². The summed E-state index contributed by atoms with van der Waals surface area (Å²) in [6.07, 6.45) is 0. The zero-order valence-electron chi connectivity index (χ0n) is 9.78. The van der Waals surface area contributed by atoms with Crippen LogP contribution >= 0.6 is 0 Å². The predicted molar refractivity (Wildman–Crippen MR) is 62.5 cm³/mol. The highest BCUT2D eigenvalue weighted by Gasteiger charge is 2.11. The maximum Gasteiger partial charge on any atom is 0.387 e. The van der Waals surface area contributed by atoms with Crippen molar-refractivity contribution in [2.75, 3.05) is 7.11 Å². The van der Waals surface area contributed by atoms with Gasteiger partial charge in [0.1, 0.15) is 11.4 Å².